The number of nitrogens with zero attached hydrogens (tertiary/aromatic N) is 2. The second kappa shape index (κ2) is 6.47. The van der Waals surface area contributed by atoms with Crippen molar-refractivity contribution < 1.29 is 9.13 Å². The number of nitrogens with one attached hydrogen (secondary N) is 1. The van der Waals surface area contributed by atoms with Gasteiger partial charge in [0.05, 0.1) is 24.0 Å². The van der Waals surface area contributed by atoms with E-state index in [1.807, 2.05) is 37.7 Å². The molecule has 2 aromatic rings. The molecule has 114 valence electrons. The van der Waals surface area contributed by atoms with Gasteiger partial charge in [0.1, 0.15) is 0 Å². The number of hydrogen-bond donors (Lipinski definition) is 2. The molecule has 1 atom stereocenters. The average molecular weight is 292 g/mol. The molecule has 1 aromatic carbocycles. The molecule has 0 spiro atoms. The Morgan fingerprint density at radius 1 is 1.38 bits per heavy atom. The highest BCUT2D eigenvalue weighted by Gasteiger charge is 2.12. The molecule has 5 nitrogen and oxygen atoms in total. The topological polar surface area (TPSA) is 65.1 Å². The largest absolute Gasteiger partial charge is 0.488 e. The molecule has 0 aliphatic carbocycles. The summed E-state index contributed by atoms with van der Waals surface area (Å²) in [6.07, 6.45) is 3.52. The molecule has 2 rings (SSSR count). The van der Waals surface area contributed by atoms with Crippen molar-refractivity contribution in [2.75, 3.05) is 11.1 Å². The Labute approximate surface area is 123 Å². The quantitative estimate of drug-likeness (QED) is 0.804. The fourth-order valence-electron chi connectivity index (χ4n) is 2.04. The number of anilines is 2. The van der Waals surface area contributed by atoms with Crippen LogP contribution in [-0.4, -0.2) is 21.9 Å². The summed E-state index contributed by atoms with van der Waals surface area (Å²) in [5.41, 5.74) is 6.88. The highest BCUT2D eigenvalue weighted by molar-refractivity contribution is 5.68. The van der Waals surface area contributed by atoms with Crippen molar-refractivity contribution in [2.45, 2.75) is 39.5 Å². The lowest BCUT2D eigenvalue weighted by molar-refractivity contribution is 0.231. The van der Waals surface area contributed by atoms with E-state index in [0.29, 0.717) is 17.9 Å². The Kier molecular flexibility index (Phi) is 4.67. The highest BCUT2D eigenvalue weighted by Crippen LogP contribution is 2.29. The number of hydrogen-bond acceptors (Lipinski definition) is 4. The van der Waals surface area contributed by atoms with Gasteiger partial charge in [0.2, 0.25) is 0 Å². The summed E-state index contributed by atoms with van der Waals surface area (Å²) in [6, 6.07) is 4.84. The zero-order valence-corrected chi connectivity index (χ0v) is 12.5. The van der Waals surface area contributed by atoms with E-state index in [2.05, 4.69) is 10.4 Å². The van der Waals surface area contributed by atoms with Crippen LogP contribution in [0.15, 0.2) is 30.6 Å². The Bertz CT molecular complexity index is 584. The van der Waals surface area contributed by atoms with E-state index in [9.17, 15) is 4.39 Å². The monoisotopic (exact) mass is 292 g/mol. The molecule has 0 aliphatic rings. The van der Waals surface area contributed by atoms with Crippen molar-refractivity contribution in [3.05, 3.63) is 36.4 Å². The average Bonchev–Trinajstić information content (AvgIpc) is 2.87. The zero-order chi connectivity index (χ0) is 15.4. The number of nitrogen functional groups attached to an aromatic ring is 1. The van der Waals surface area contributed by atoms with Gasteiger partial charge >= 0.3 is 0 Å². The van der Waals surface area contributed by atoms with Crippen molar-refractivity contribution in [2.24, 2.45) is 0 Å². The number of rotatable bonds is 6. The van der Waals surface area contributed by atoms with E-state index < -0.39 is 5.82 Å². The number of nitrogens with two attached hydrogens (primary N) is 1. The molecular weight excluding hydrogens is 271 g/mol. The molecule has 0 fully saturated rings. The summed E-state index contributed by atoms with van der Waals surface area (Å²) in [5.74, 6) is -0.250. The second-order valence-corrected chi connectivity index (χ2v) is 5.31. The summed E-state index contributed by atoms with van der Waals surface area (Å²) in [7, 11) is 0. The van der Waals surface area contributed by atoms with Gasteiger partial charge in [-0.25, -0.2) is 4.39 Å². The molecular formula is C15H21FN4O. The minimum Gasteiger partial charge on any atom is -0.488 e. The second-order valence-electron chi connectivity index (χ2n) is 5.31. The first-order chi connectivity index (χ1) is 9.95. The van der Waals surface area contributed by atoms with Gasteiger partial charge in [-0.1, -0.05) is 0 Å². The maximum atomic E-state index is 13.8. The summed E-state index contributed by atoms with van der Waals surface area (Å²) in [6.45, 7) is 6.39. The first kappa shape index (κ1) is 15.2. The van der Waals surface area contributed by atoms with Crippen LogP contribution in [-0.2, 0) is 6.54 Å². The third kappa shape index (κ3) is 4.11. The normalized spacial score (nSPS) is 12.4. The fourth-order valence-corrected chi connectivity index (χ4v) is 2.04. The van der Waals surface area contributed by atoms with E-state index in [1.165, 1.54) is 6.07 Å². The fraction of sp³-hybridized carbons (Fsp3) is 0.400. The SMILES string of the molecule is CC(Cn1cccn1)Nc1cc(OC(C)C)c(F)cc1N. The summed E-state index contributed by atoms with van der Waals surface area (Å²) < 4.78 is 21.0. The molecule has 21 heavy (non-hydrogen) atoms. The molecule has 1 aromatic heterocycles. The minimum absolute atomic E-state index is 0.0876. The van der Waals surface area contributed by atoms with E-state index in [4.69, 9.17) is 10.5 Å². The maximum Gasteiger partial charge on any atom is 0.167 e. The molecule has 0 bridgehead atoms. The predicted molar refractivity (Wildman–Crippen MR) is 81.9 cm³/mol. The van der Waals surface area contributed by atoms with E-state index >= 15 is 0 Å². The van der Waals surface area contributed by atoms with Crippen LogP contribution in [0, 0.1) is 5.82 Å². The molecule has 0 saturated heterocycles. The van der Waals surface area contributed by atoms with Crippen LogP contribution in [0.2, 0.25) is 0 Å². The molecule has 0 aliphatic heterocycles. The van der Waals surface area contributed by atoms with Crippen LogP contribution in [0.5, 0.6) is 5.75 Å². The van der Waals surface area contributed by atoms with Crippen molar-refractivity contribution in [1.29, 1.82) is 0 Å². The summed E-state index contributed by atoms with van der Waals surface area (Å²) in [4.78, 5) is 0. The predicted octanol–water partition coefficient (Wildman–Crippen LogP) is 2.89. The van der Waals surface area contributed by atoms with Crippen LogP contribution >= 0.6 is 0 Å². The van der Waals surface area contributed by atoms with Crippen LogP contribution < -0.4 is 15.8 Å². The lowest BCUT2D eigenvalue weighted by Crippen LogP contribution is -2.23. The summed E-state index contributed by atoms with van der Waals surface area (Å²) >= 11 is 0. The Hall–Kier alpha value is -2.24. The molecule has 1 heterocycles. The van der Waals surface area contributed by atoms with Gasteiger partial charge < -0.3 is 15.8 Å². The standard InChI is InChI=1S/C15H21FN4O/c1-10(2)21-15-8-14(13(17)7-12(15)16)19-11(3)9-20-6-4-5-18-20/h4-8,10-11,19H,9,17H2,1-3H3. The van der Waals surface area contributed by atoms with Gasteiger partial charge in [-0.15, -0.1) is 0 Å². The Morgan fingerprint density at radius 2 is 2.14 bits per heavy atom. The van der Waals surface area contributed by atoms with Crippen LogP contribution in [0.25, 0.3) is 0 Å². The molecule has 6 heteroatoms. The van der Waals surface area contributed by atoms with Crippen molar-refractivity contribution in [3.63, 3.8) is 0 Å². The Morgan fingerprint density at radius 3 is 2.76 bits per heavy atom. The van der Waals surface area contributed by atoms with E-state index in [0.717, 1.165) is 0 Å². The van der Waals surface area contributed by atoms with Gasteiger partial charge in [0.25, 0.3) is 0 Å². The van der Waals surface area contributed by atoms with Crippen LogP contribution in [0.4, 0.5) is 15.8 Å². The van der Waals surface area contributed by atoms with Crippen molar-refractivity contribution in [3.8, 4) is 5.75 Å². The smallest absolute Gasteiger partial charge is 0.167 e. The molecule has 3 N–H and O–H groups in total. The molecule has 0 radical (unpaired) electrons. The number of ether oxygens (including phenoxy) is 1. The minimum atomic E-state index is -0.452. The third-order valence-electron chi connectivity index (χ3n) is 2.89. The summed E-state index contributed by atoms with van der Waals surface area (Å²) in [5, 5.41) is 7.41. The number of benzene rings is 1. The van der Waals surface area contributed by atoms with Gasteiger partial charge in [0.15, 0.2) is 11.6 Å². The first-order valence-electron chi connectivity index (χ1n) is 6.95. The number of aromatic nitrogens is 2. The molecule has 1 unspecified atom stereocenters. The van der Waals surface area contributed by atoms with E-state index in [1.54, 1.807) is 12.3 Å². The maximum absolute atomic E-state index is 13.8. The Balaban J connectivity index is 2.11. The lowest BCUT2D eigenvalue weighted by atomic mass is 10.2. The van der Waals surface area contributed by atoms with E-state index in [-0.39, 0.29) is 17.9 Å². The first-order valence-corrected chi connectivity index (χ1v) is 6.95. The zero-order valence-electron chi connectivity index (χ0n) is 12.5. The van der Waals surface area contributed by atoms with Gasteiger partial charge in [-0.05, 0) is 26.8 Å². The van der Waals surface area contributed by atoms with Crippen molar-refractivity contribution >= 4 is 11.4 Å². The van der Waals surface area contributed by atoms with Gasteiger partial charge in [0, 0.05) is 30.6 Å². The van der Waals surface area contributed by atoms with Gasteiger partial charge in [-0.3, -0.25) is 4.68 Å². The molecule has 0 saturated carbocycles. The molecule has 0 amide bonds. The van der Waals surface area contributed by atoms with Crippen LogP contribution in [0.3, 0.4) is 0 Å². The third-order valence-corrected chi connectivity index (χ3v) is 2.89. The van der Waals surface area contributed by atoms with Crippen LogP contribution in [0.1, 0.15) is 20.8 Å². The van der Waals surface area contributed by atoms with Gasteiger partial charge in [-0.2, -0.15) is 5.10 Å². The number of halogens is 1. The highest BCUT2D eigenvalue weighted by atomic mass is 19.1. The lowest BCUT2D eigenvalue weighted by Gasteiger charge is -2.19. The van der Waals surface area contributed by atoms with Crippen molar-refractivity contribution in [1.82, 2.24) is 9.78 Å².